The average molecular weight is 260 g/mol. The van der Waals surface area contributed by atoms with Crippen molar-refractivity contribution in [2.75, 3.05) is 5.73 Å². The Hall–Kier alpha value is -2.20. The van der Waals surface area contributed by atoms with E-state index in [9.17, 15) is 0 Å². The van der Waals surface area contributed by atoms with Crippen LogP contribution in [-0.4, -0.2) is 9.78 Å². The number of anilines is 1. The number of hydrogen-bond acceptors (Lipinski definition) is 3. The van der Waals surface area contributed by atoms with Crippen molar-refractivity contribution in [1.82, 2.24) is 9.78 Å². The van der Waals surface area contributed by atoms with Gasteiger partial charge in [0, 0.05) is 11.1 Å². The molecule has 3 aromatic rings. The van der Waals surface area contributed by atoms with E-state index < -0.39 is 0 Å². The van der Waals surface area contributed by atoms with E-state index in [1.54, 1.807) is 29.1 Å². The number of nitrogen functional groups attached to an aromatic ring is 1. The predicted molar refractivity (Wildman–Crippen MR) is 70.7 cm³/mol. The molecule has 0 unspecified atom stereocenters. The minimum Gasteiger partial charge on any atom is -0.463 e. The number of benzene rings is 1. The lowest BCUT2D eigenvalue weighted by Crippen LogP contribution is -2.01. The predicted octanol–water partition coefficient (Wildman–Crippen LogP) is 3.37. The summed E-state index contributed by atoms with van der Waals surface area (Å²) in [7, 11) is 0. The Balaban J connectivity index is 2.06. The van der Waals surface area contributed by atoms with Crippen LogP contribution < -0.4 is 5.73 Å². The second-order valence-corrected chi connectivity index (χ2v) is 4.26. The highest BCUT2D eigenvalue weighted by atomic mass is 35.5. The largest absolute Gasteiger partial charge is 0.463 e. The Labute approximate surface area is 109 Å². The molecule has 2 N–H and O–H groups in total. The fourth-order valence-electron chi connectivity index (χ4n) is 1.73. The van der Waals surface area contributed by atoms with Gasteiger partial charge in [0.15, 0.2) is 5.76 Å². The average Bonchev–Trinajstić information content (AvgIpc) is 2.99. The lowest BCUT2D eigenvalue weighted by atomic mass is 10.3. The number of rotatable bonds is 2. The second kappa shape index (κ2) is 4.23. The maximum atomic E-state index is 5.94. The maximum Gasteiger partial charge on any atom is 0.154 e. The molecule has 2 heterocycles. The van der Waals surface area contributed by atoms with Gasteiger partial charge in [0.2, 0.25) is 0 Å². The molecule has 0 aliphatic rings. The van der Waals surface area contributed by atoms with Crippen LogP contribution in [-0.2, 0) is 0 Å². The molecular formula is C13H10ClN3O. The van der Waals surface area contributed by atoms with Crippen LogP contribution in [0.4, 0.5) is 5.82 Å². The number of furan rings is 1. The fourth-order valence-corrected chi connectivity index (χ4v) is 1.86. The SMILES string of the molecule is Nc1cc(-c2ccco2)nn1-c1ccc(Cl)cc1. The van der Waals surface area contributed by atoms with Gasteiger partial charge in [0.05, 0.1) is 12.0 Å². The van der Waals surface area contributed by atoms with E-state index in [0.717, 1.165) is 5.69 Å². The second-order valence-electron chi connectivity index (χ2n) is 3.82. The molecule has 0 saturated carbocycles. The summed E-state index contributed by atoms with van der Waals surface area (Å²) in [5.41, 5.74) is 7.50. The lowest BCUT2D eigenvalue weighted by molar-refractivity contribution is 0.579. The Bertz CT molecular complexity index is 656. The van der Waals surface area contributed by atoms with Crippen LogP contribution in [0, 0.1) is 0 Å². The molecule has 0 fully saturated rings. The molecule has 0 saturated heterocycles. The Morgan fingerprint density at radius 2 is 1.94 bits per heavy atom. The van der Waals surface area contributed by atoms with Crippen LogP contribution >= 0.6 is 11.6 Å². The van der Waals surface area contributed by atoms with Gasteiger partial charge in [0.1, 0.15) is 11.5 Å². The molecule has 4 nitrogen and oxygen atoms in total. The number of aromatic nitrogens is 2. The van der Waals surface area contributed by atoms with Gasteiger partial charge in [-0.25, -0.2) is 4.68 Å². The molecule has 0 atom stereocenters. The van der Waals surface area contributed by atoms with Crippen molar-refractivity contribution >= 4 is 17.4 Å². The molecule has 0 spiro atoms. The smallest absolute Gasteiger partial charge is 0.154 e. The molecule has 5 heteroatoms. The van der Waals surface area contributed by atoms with Crippen LogP contribution in [0.1, 0.15) is 0 Å². The highest BCUT2D eigenvalue weighted by molar-refractivity contribution is 6.30. The zero-order valence-electron chi connectivity index (χ0n) is 9.38. The molecule has 1 aromatic carbocycles. The van der Waals surface area contributed by atoms with Crippen LogP contribution in [0.3, 0.4) is 0 Å². The first-order valence-corrected chi connectivity index (χ1v) is 5.77. The van der Waals surface area contributed by atoms with E-state index in [4.69, 9.17) is 21.8 Å². The number of nitrogens with two attached hydrogens (primary N) is 1. The molecule has 18 heavy (non-hydrogen) atoms. The summed E-state index contributed by atoms with van der Waals surface area (Å²) < 4.78 is 6.94. The summed E-state index contributed by atoms with van der Waals surface area (Å²) in [6, 6.07) is 12.7. The number of nitrogens with zero attached hydrogens (tertiary/aromatic N) is 2. The van der Waals surface area contributed by atoms with E-state index in [2.05, 4.69) is 5.10 Å². The zero-order chi connectivity index (χ0) is 12.5. The van der Waals surface area contributed by atoms with Crippen LogP contribution in [0.15, 0.2) is 53.1 Å². The van der Waals surface area contributed by atoms with Gasteiger partial charge < -0.3 is 10.2 Å². The summed E-state index contributed by atoms with van der Waals surface area (Å²) in [4.78, 5) is 0. The Kier molecular flexibility index (Phi) is 2.57. The van der Waals surface area contributed by atoms with E-state index in [0.29, 0.717) is 22.3 Å². The Morgan fingerprint density at radius 1 is 1.17 bits per heavy atom. The van der Waals surface area contributed by atoms with Gasteiger partial charge in [-0.3, -0.25) is 0 Å². The molecular weight excluding hydrogens is 250 g/mol. The molecule has 0 aliphatic carbocycles. The summed E-state index contributed by atoms with van der Waals surface area (Å²) in [5.74, 6) is 1.23. The lowest BCUT2D eigenvalue weighted by Gasteiger charge is -2.03. The first-order valence-electron chi connectivity index (χ1n) is 5.39. The van der Waals surface area contributed by atoms with E-state index in [-0.39, 0.29) is 0 Å². The maximum absolute atomic E-state index is 5.94. The molecule has 0 amide bonds. The van der Waals surface area contributed by atoms with Crippen molar-refractivity contribution in [3.8, 4) is 17.1 Å². The van der Waals surface area contributed by atoms with Crippen molar-refractivity contribution < 1.29 is 4.42 Å². The van der Waals surface area contributed by atoms with Crippen molar-refractivity contribution in [1.29, 1.82) is 0 Å². The molecule has 2 aromatic heterocycles. The van der Waals surface area contributed by atoms with Gasteiger partial charge in [0.25, 0.3) is 0 Å². The van der Waals surface area contributed by atoms with Crippen LogP contribution in [0.25, 0.3) is 17.1 Å². The van der Waals surface area contributed by atoms with Crippen LogP contribution in [0.5, 0.6) is 0 Å². The topological polar surface area (TPSA) is 57.0 Å². The monoisotopic (exact) mass is 259 g/mol. The molecule has 0 aliphatic heterocycles. The summed E-state index contributed by atoms with van der Waals surface area (Å²) >= 11 is 5.85. The normalized spacial score (nSPS) is 10.7. The first-order chi connectivity index (χ1) is 8.74. The highest BCUT2D eigenvalue weighted by Gasteiger charge is 2.10. The third-order valence-electron chi connectivity index (χ3n) is 2.58. The third kappa shape index (κ3) is 1.87. The molecule has 3 rings (SSSR count). The zero-order valence-corrected chi connectivity index (χ0v) is 10.1. The molecule has 0 radical (unpaired) electrons. The van der Waals surface area contributed by atoms with E-state index in [1.807, 2.05) is 24.3 Å². The van der Waals surface area contributed by atoms with E-state index >= 15 is 0 Å². The van der Waals surface area contributed by atoms with Crippen molar-refractivity contribution in [3.05, 3.63) is 53.8 Å². The Morgan fingerprint density at radius 3 is 2.61 bits per heavy atom. The third-order valence-corrected chi connectivity index (χ3v) is 2.83. The standard InChI is InChI=1S/C13H10ClN3O/c14-9-3-5-10(6-4-9)17-13(15)8-11(16-17)12-2-1-7-18-12/h1-8H,15H2. The highest BCUT2D eigenvalue weighted by Crippen LogP contribution is 2.23. The molecule has 90 valence electrons. The van der Waals surface area contributed by atoms with E-state index in [1.165, 1.54) is 0 Å². The van der Waals surface area contributed by atoms with Gasteiger partial charge in [-0.15, -0.1) is 0 Å². The summed E-state index contributed by atoms with van der Waals surface area (Å²) in [6.45, 7) is 0. The van der Waals surface area contributed by atoms with Crippen molar-refractivity contribution in [2.45, 2.75) is 0 Å². The quantitative estimate of drug-likeness (QED) is 0.768. The fraction of sp³-hybridized carbons (Fsp3) is 0. The van der Waals surface area contributed by atoms with Gasteiger partial charge in [-0.1, -0.05) is 11.6 Å². The van der Waals surface area contributed by atoms with Gasteiger partial charge in [-0.2, -0.15) is 5.10 Å². The van der Waals surface area contributed by atoms with Crippen molar-refractivity contribution in [3.63, 3.8) is 0 Å². The first kappa shape index (κ1) is 10.9. The van der Waals surface area contributed by atoms with Crippen molar-refractivity contribution in [2.24, 2.45) is 0 Å². The van der Waals surface area contributed by atoms with Gasteiger partial charge in [-0.05, 0) is 36.4 Å². The number of hydrogen-bond donors (Lipinski definition) is 1. The minimum atomic E-state index is 0.545. The number of halogens is 1. The minimum absolute atomic E-state index is 0.545. The summed E-state index contributed by atoms with van der Waals surface area (Å²) in [5, 5.41) is 5.08. The van der Waals surface area contributed by atoms with Gasteiger partial charge >= 0.3 is 0 Å². The molecule has 0 bridgehead atoms. The summed E-state index contributed by atoms with van der Waals surface area (Å²) in [6.07, 6.45) is 1.60. The van der Waals surface area contributed by atoms with Crippen LogP contribution in [0.2, 0.25) is 5.02 Å².